The Morgan fingerprint density at radius 2 is 1.79 bits per heavy atom. The molecule has 6 heteroatoms. The van der Waals surface area contributed by atoms with Gasteiger partial charge in [0.1, 0.15) is 6.61 Å². The number of piperidine rings is 1. The van der Waals surface area contributed by atoms with E-state index in [0.29, 0.717) is 18.7 Å². The van der Waals surface area contributed by atoms with Crippen LogP contribution in [0.1, 0.15) is 28.8 Å². The fourth-order valence-electron chi connectivity index (χ4n) is 4.38. The number of hydrogen-bond acceptors (Lipinski definition) is 4. The molecule has 166 valence electrons. The van der Waals surface area contributed by atoms with E-state index in [4.69, 9.17) is 4.74 Å². The lowest BCUT2D eigenvalue weighted by atomic mass is 9.96. The molecule has 0 N–H and O–H groups in total. The van der Waals surface area contributed by atoms with Crippen molar-refractivity contribution < 1.29 is 14.3 Å². The number of ether oxygens (including phenoxy) is 1. The van der Waals surface area contributed by atoms with Gasteiger partial charge in [0.05, 0.1) is 11.6 Å². The third-order valence-electron chi connectivity index (χ3n) is 6.15. The van der Waals surface area contributed by atoms with E-state index in [-0.39, 0.29) is 24.4 Å². The molecule has 1 aliphatic rings. The Balaban J connectivity index is 1.21. The van der Waals surface area contributed by atoms with Gasteiger partial charge in [-0.25, -0.2) is 4.68 Å². The van der Waals surface area contributed by atoms with Gasteiger partial charge >= 0.3 is 5.97 Å². The van der Waals surface area contributed by atoms with Crippen LogP contribution in [-0.2, 0) is 16.1 Å². The van der Waals surface area contributed by atoms with Crippen molar-refractivity contribution in [2.75, 3.05) is 13.1 Å². The Hall–Kier alpha value is -3.93. The largest absolute Gasteiger partial charge is 0.461 e. The molecule has 1 unspecified atom stereocenters. The summed E-state index contributed by atoms with van der Waals surface area (Å²) in [7, 11) is 0. The highest BCUT2D eigenvalue weighted by Gasteiger charge is 2.30. The molecule has 3 aromatic carbocycles. The summed E-state index contributed by atoms with van der Waals surface area (Å²) in [5.41, 5.74) is 2.54. The summed E-state index contributed by atoms with van der Waals surface area (Å²) in [4.78, 5) is 27.8. The predicted molar refractivity (Wildman–Crippen MR) is 126 cm³/mol. The number of esters is 1. The molecule has 0 bridgehead atoms. The number of aromatic nitrogens is 2. The van der Waals surface area contributed by atoms with E-state index < -0.39 is 0 Å². The maximum absolute atomic E-state index is 13.3. The van der Waals surface area contributed by atoms with E-state index in [9.17, 15) is 9.59 Å². The molecule has 2 heterocycles. The summed E-state index contributed by atoms with van der Waals surface area (Å²) in [6, 6.07) is 23.3. The highest BCUT2D eigenvalue weighted by Crippen LogP contribution is 2.24. The molecule has 0 saturated carbocycles. The van der Waals surface area contributed by atoms with Gasteiger partial charge in [0.25, 0.3) is 5.91 Å². The van der Waals surface area contributed by atoms with Gasteiger partial charge in [-0.05, 0) is 53.4 Å². The number of hydrogen-bond donors (Lipinski definition) is 0. The zero-order valence-electron chi connectivity index (χ0n) is 18.3. The summed E-state index contributed by atoms with van der Waals surface area (Å²) < 4.78 is 7.38. The Morgan fingerprint density at radius 3 is 2.61 bits per heavy atom. The number of nitrogens with zero attached hydrogens (tertiary/aromatic N) is 3. The van der Waals surface area contributed by atoms with E-state index in [0.717, 1.165) is 34.9 Å². The van der Waals surface area contributed by atoms with Crippen molar-refractivity contribution in [2.24, 2.45) is 5.92 Å². The standard InChI is InChI=1S/C27H25N3O3/c31-26(25-10-3-7-21-6-1-2-9-24(21)25)29-16-4-8-22(18-29)27(32)33-19-20-11-13-23(14-12-20)30-17-5-15-28-30/h1-3,5-7,9-15,17,22H,4,8,16,18-19H2. The van der Waals surface area contributed by atoms with E-state index >= 15 is 0 Å². The minimum atomic E-state index is -0.305. The minimum absolute atomic E-state index is 0.0292. The molecular formula is C27H25N3O3. The molecule has 1 atom stereocenters. The zero-order chi connectivity index (χ0) is 22.6. The van der Waals surface area contributed by atoms with Gasteiger partial charge in [0, 0.05) is 31.0 Å². The molecule has 1 saturated heterocycles. The van der Waals surface area contributed by atoms with E-state index in [1.54, 1.807) is 15.8 Å². The monoisotopic (exact) mass is 439 g/mol. The van der Waals surface area contributed by atoms with Crippen LogP contribution >= 0.6 is 0 Å². The van der Waals surface area contributed by atoms with Crippen molar-refractivity contribution in [3.63, 3.8) is 0 Å². The quantitative estimate of drug-likeness (QED) is 0.426. The zero-order valence-corrected chi connectivity index (χ0v) is 18.3. The molecule has 1 amide bonds. The van der Waals surface area contributed by atoms with Crippen molar-refractivity contribution in [1.29, 1.82) is 0 Å². The van der Waals surface area contributed by atoms with Crippen molar-refractivity contribution in [3.8, 4) is 5.69 Å². The van der Waals surface area contributed by atoms with E-state index in [2.05, 4.69) is 5.10 Å². The molecule has 1 aliphatic heterocycles. The van der Waals surface area contributed by atoms with Crippen LogP contribution in [0.4, 0.5) is 0 Å². The molecular weight excluding hydrogens is 414 g/mol. The summed E-state index contributed by atoms with van der Waals surface area (Å²) in [5.74, 6) is -0.582. The first-order valence-electron chi connectivity index (χ1n) is 11.2. The van der Waals surface area contributed by atoms with Crippen LogP contribution in [0.25, 0.3) is 16.5 Å². The molecule has 0 aliphatic carbocycles. The van der Waals surface area contributed by atoms with Crippen LogP contribution in [0.2, 0.25) is 0 Å². The predicted octanol–water partition coefficient (Wildman–Crippen LogP) is 4.62. The summed E-state index contributed by atoms with van der Waals surface area (Å²) in [6.45, 7) is 1.26. The first kappa shape index (κ1) is 20.9. The third-order valence-corrected chi connectivity index (χ3v) is 6.15. The number of rotatable bonds is 5. The Bertz CT molecular complexity index is 1260. The molecule has 0 spiro atoms. The third kappa shape index (κ3) is 4.51. The van der Waals surface area contributed by atoms with Gasteiger partial charge in [-0.2, -0.15) is 5.10 Å². The second-order valence-electron chi connectivity index (χ2n) is 8.34. The lowest BCUT2D eigenvalue weighted by Gasteiger charge is -2.32. The van der Waals surface area contributed by atoms with Crippen molar-refractivity contribution in [2.45, 2.75) is 19.4 Å². The maximum atomic E-state index is 13.3. The van der Waals surface area contributed by atoms with Gasteiger partial charge in [0.15, 0.2) is 0 Å². The normalized spacial score (nSPS) is 16.0. The van der Waals surface area contributed by atoms with Crippen LogP contribution in [0.3, 0.4) is 0 Å². The number of fused-ring (bicyclic) bond motifs is 1. The van der Waals surface area contributed by atoms with E-state index in [1.807, 2.05) is 79.0 Å². The molecule has 5 rings (SSSR count). The molecule has 6 nitrogen and oxygen atoms in total. The molecule has 4 aromatic rings. The highest BCUT2D eigenvalue weighted by molar-refractivity contribution is 6.07. The van der Waals surface area contributed by atoms with E-state index in [1.165, 1.54) is 0 Å². The first-order valence-corrected chi connectivity index (χ1v) is 11.2. The van der Waals surface area contributed by atoms with Crippen LogP contribution < -0.4 is 0 Å². The molecule has 1 fully saturated rings. The number of carbonyl (C=O) groups is 2. The summed E-state index contributed by atoms with van der Waals surface area (Å²) >= 11 is 0. The topological polar surface area (TPSA) is 64.4 Å². The Kier molecular flexibility index (Phi) is 5.89. The average molecular weight is 440 g/mol. The lowest BCUT2D eigenvalue weighted by molar-refractivity contribution is -0.151. The van der Waals surface area contributed by atoms with Gasteiger partial charge < -0.3 is 9.64 Å². The number of carbonyl (C=O) groups excluding carboxylic acids is 2. The van der Waals surface area contributed by atoms with Gasteiger partial charge in [0.2, 0.25) is 0 Å². The molecule has 0 radical (unpaired) electrons. The van der Waals surface area contributed by atoms with Crippen LogP contribution in [-0.4, -0.2) is 39.6 Å². The minimum Gasteiger partial charge on any atom is -0.461 e. The van der Waals surface area contributed by atoms with Gasteiger partial charge in [-0.15, -0.1) is 0 Å². The lowest BCUT2D eigenvalue weighted by Crippen LogP contribution is -2.42. The Morgan fingerprint density at radius 1 is 0.970 bits per heavy atom. The maximum Gasteiger partial charge on any atom is 0.311 e. The van der Waals surface area contributed by atoms with Crippen LogP contribution in [0.5, 0.6) is 0 Å². The second kappa shape index (κ2) is 9.28. The SMILES string of the molecule is O=C(OCc1ccc(-n2cccn2)cc1)C1CCCN(C(=O)c2cccc3ccccc23)C1. The smallest absolute Gasteiger partial charge is 0.311 e. The second-order valence-corrected chi connectivity index (χ2v) is 8.34. The number of likely N-dealkylation sites (tertiary alicyclic amines) is 1. The number of amides is 1. The first-order chi connectivity index (χ1) is 16.2. The van der Waals surface area contributed by atoms with Crippen LogP contribution in [0, 0.1) is 5.92 Å². The van der Waals surface area contributed by atoms with Crippen molar-refractivity contribution in [3.05, 3.63) is 96.3 Å². The number of benzene rings is 3. The van der Waals surface area contributed by atoms with Crippen molar-refractivity contribution >= 4 is 22.6 Å². The summed E-state index contributed by atoms with van der Waals surface area (Å²) in [5, 5.41) is 6.19. The van der Waals surface area contributed by atoms with Crippen molar-refractivity contribution in [1.82, 2.24) is 14.7 Å². The summed E-state index contributed by atoms with van der Waals surface area (Å²) in [6.07, 6.45) is 5.13. The Labute approximate surface area is 192 Å². The molecule has 33 heavy (non-hydrogen) atoms. The van der Waals surface area contributed by atoms with Crippen LogP contribution in [0.15, 0.2) is 85.2 Å². The van der Waals surface area contributed by atoms with Gasteiger partial charge in [-0.1, -0.05) is 48.5 Å². The average Bonchev–Trinajstić information content (AvgIpc) is 3.42. The molecule has 1 aromatic heterocycles. The fourth-order valence-corrected chi connectivity index (χ4v) is 4.38. The fraction of sp³-hybridized carbons (Fsp3) is 0.222. The van der Waals surface area contributed by atoms with Gasteiger partial charge in [-0.3, -0.25) is 9.59 Å². The highest BCUT2D eigenvalue weighted by atomic mass is 16.5.